The number of tetrazole rings is 1. The number of hydrogen-bond acceptors (Lipinski definition) is 5. The molecule has 0 spiro atoms. The Bertz CT molecular complexity index is 1620. The first kappa shape index (κ1) is 25.8. The van der Waals surface area contributed by atoms with E-state index in [0.717, 1.165) is 34.2 Å². The summed E-state index contributed by atoms with van der Waals surface area (Å²) in [6.07, 6.45) is 1.29. The first-order valence-corrected chi connectivity index (χ1v) is 12.9. The normalized spacial score (nSPS) is 11.3. The lowest BCUT2D eigenvalue weighted by Gasteiger charge is -2.11. The number of aromatic nitrogens is 6. The van der Waals surface area contributed by atoms with Crippen molar-refractivity contribution in [2.45, 2.75) is 39.8 Å². The molecule has 0 bridgehead atoms. The monoisotopic (exact) mass is 522 g/mol. The number of aromatic amines is 1. The fourth-order valence-electron chi connectivity index (χ4n) is 4.82. The van der Waals surface area contributed by atoms with E-state index in [0.29, 0.717) is 23.9 Å². The summed E-state index contributed by atoms with van der Waals surface area (Å²) in [5, 5.41) is 24.4. The number of nitrogens with zero attached hydrogens (tertiary/aromatic N) is 5. The van der Waals surface area contributed by atoms with Crippen molar-refractivity contribution in [3.05, 3.63) is 112 Å². The summed E-state index contributed by atoms with van der Waals surface area (Å²) in [5.74, 6) is -0.141. The lowest BCUT2D eigenvalue weighted by Crippen LogP contribution is -2.27. The molecule has 2 heterocycles. The van der Waals surface area contributed by atoms with Gasteiger partial charge in [0, 0.05) is 5.56 Å². The summed E-state index contributed by atoms with van der Waals surface area (Å²) in [6.45, 7) is 4.67. The van der Waals surface area contributed by atoms with Gasteiger partial charge in [0.2, 0.25) is 0 Å². The minimum atomic E-state index is -1.09. The van der Waals surface area contributed by atoms with Crippen LogP contribution in [0.5, 0.6) is 0 Å². The molecule has 0 amide bonds. The van der Waals surface area contributed by atoms with E-state index < -0.39 is 5.97 Å². The molecule has 198 valence electrons. The minimum Gasteiger partial charge on any atom is -0.477 e. The zero-order valence-electron chi connectivity index (χ0n) is 21.9. The van der Waals surface area contributed by atoms with Crippen LogP contribution in [0.1, 0.15) is 47.6 Å². The van der Waals surface area contributed by atoms with Crippen molar-refractivity contribution >= 4 is 5.97 Å². The lowest BCUT2D eigenvalue weighted by atomic mass is 9.98. The fourth-order valence-corrected chi connectivity index (χ4v) is 4.82. The molecule has 2 aromatic heterocycles. The summed E-state index contributed by atoms with van der Waals surface area (Å²) in [7, 11) is 0. The van der Waals surface area contributed by atoms with E-state index in [2.05, 4.69) is 34.5 Å². The average molecular weight is 523 g/mol. The van der Waals surface area contributed by atoms with Gasteiger partial charge in [0.1, 0.15) is 0 Å². The molecule has 0 unspecified atom stereocenters. The Hall–Kier alpha value is -4.79. The second-order valence-corrected chi connectivity index (χ2v) is 9.97. The van der Waals surface area contributed by atoms with Gasteiger partial charge in [-0.3, -0.25) is 9.13 Å². The van der Waals surface area contributed by atoms with E-state index in [1.165, 1.54) is 4.57 Å². The fraction of sp³-hybridized carbons (Fsp3) is 0.233. The molecule has 5 aromatic rings. The van der Waals surface area contributed by atoms with Gasteiger partial charge in [-0.2, -0.15) is 0 Å². The Balaban J connectivity index is 1.51. The van der Waals surface area contributed by atoms with Gasteiger partial charge in [0.05, 0.1) is 18.8 Å². The largest absolute Gasteiger partial charge is 0.477 e. The molecule has 0 atom stereocenters. The van der Waals surface area contributed by atoms with Crippen LogP contribution in [0.25, 0.3) is 22.5 Å². The van der Waals surface area contributed by atoms with Crippen LogP contribution < -0.4 is 5.69 Å². The Morgan fingerprint density at radius 1 is 0.872 bits per heavy atom. The van der Waals surface area contributed by atoms with Crippen molar-refractivity contribution in [1.82, 2.24) is 29.8 Å². The second-order valence-electron chi connectivity index (χ2n) is 9.97. The first-order chi connectivity index (χ1) is 18.9. The molecule has 0 saturated carbocycles. The highest BCUT2D eigenvalue weighted by atomic mass is 16.4. The minimum absolute atomic E-state index is 0.0655. The standard InChI is InChI=1S/C30H30N6O3/c1-20(2)12-17-26-27(29(37)38)36(19-21-8-4-3-5-9-21)30(39)35(26)18-22-13-15-23(16-14-22)24-10-6-7-11-25(24)28-31-33-34-32-28/h3-11,13-16,20H,12,17-19H2,1-2H3,(H,37,38)(H,31,32,33,34). The SMILES string of the molecule is CC(C)CCc1c(C(=O)O)n(Cc2ccccc2)c(=O)n1Cc1ccc(-c2ccccc2-c2nnn[nH]2)cc1. The van der Waals surface area contributed by atoms with E-state index >= 15 is 0 Å². The van der Waals surface area contributed by atoms with Crippen molar-refractivity contribution in [2.75, 3.05) is 0 Å². The van der Waals surface area contributed by atoms with E-state index in [1.807, 2.05) is 78.9 Å². The molecule has 9 heteroatoms. The van der Waals surface area contributed by atoms with E-state index in [9.17, 15) is 14.7 Å². The molecule has 2 N–H and O–H groups in total. The number of carbonyl (C=O) groups is 1. The average Bonchev–Trinajstić information content (AvgIpc) is 3.56. The quantitative estimate of drug-likeness (QED) is 0.270. The molecule has 5 rings (SSSR count). The molecule has 0 saturated heterocycles. The highest BCUT2D eigenvalue weighted by molar-refractivity contribution is 5.87. The molecule has 0 aliphatic carbocycles. The van der Waals surface area contributed by atoms with E-state index in [-0.39, 0.29) is 24.5 Å². The molecule has 0 aliphatic rings. The first-order valence-electron chi connectivity index (χ1n) is 12.9. The van der Waals surface area contributed by atoms with Crippen LogP contribution in [0.15, 0.2) is 83.7 Å². The predicted molar refractivity (Wildman–Crippen MR) is 149 cm³/mol. The highest BCUT2D eigenvalue weighted by Gasteiger charge is 2.25. The Morgan fingerprint density at radius 2 is 1.51 bits per heavy atom. The number of benzene rings is 3. The van der Waals surface area contributed by atoms with Gasteiger partial charge in [0.25, 0.3) is 0 Å². The molecule has 0 radical (unpaired) electrons. The van der Waals surface area contributed by atoms with Gasteiger partial charge in [-0.1, -0.05) is 92.7 Å². The highest BCUT2D eigenvalue weighted by Crippen LogP contribution is 2.30. The number of rotatable bonds is 10. The lowest BCUT2D eigenvalue weighted by molar-refractivity contribution is 0.0683. The maximum absolute atomic E-state index is 13.7. The number of imidazole rings is 1. The van der Waals surface area contributed by atoms with Crippen LogP contribution in [-0.4, -0.2) is 40.8 Å². The smallest absolute Gasteiger partial charge is 0.354 e. The molecular formula is C30H30N6O3. The Morgan fingerprint density at radius 3 is 2.15 bits per heavy atom. The van der Waals surface area contributed by atoms with Crippen molar-refractivity contribution in [3.8, 4) is 22.5 Å². The van der Waals surface area contributed by atoms with Crippen LogP contribution in [0, 0.1) is 5.92 Å². The van der Waals surface area contributed by atoms with Crippen molar-refractivity contribution < 1.29 is 9.90 Å². The van der Waals surface area contributed by atoms with Gasteiger partial charge in [-0.25, -0.2) is 14.7 Å². The zero-order valence-corrected chi connectivity index (χ0v) is 21.9. The van der Waals surface area contributed by atoms with Crippen LogP contribution >= 0.6 is 0 Å². The molecule has 0 fully saturated rings. The maximum Gasteiger partial charge on any atom is 0.354 e. The van der Waals surface area contributed by atoms with Crippen molar-refractivity contribution in [2.24, 2.45) is 5.92 Å². The number of H-pyrrole nitrogens is 1. The number of hydrogen-bond donors (Lipinski definition) is 2. The number of carboxylic acid groups (broad SMARTS) is 1. The van der Waals surface area contributed by atoms with Crippen molar-refractivity contribution in [3.63, 3.8) is 0 Å². The van der Waals surface area contributed by atoms with Crippen LogP contribution in [0.3, 0.4) is 0 Å². The number of carboxylic acids is 1. The Labute approximate surface area is 225 Å². The summed E-state index contributed by atoms with van der Waals surface area (Å²) in [6, 6.07) is 25.2. The molecule has 39 heavy (non-hydrogen) atoms. The third-order valence-corrected chi connectivity index (χ3v) is 6.81. The molecule has 9 nitrogen and oxygen atoms in total. The predicted octanol–water partition coefficient (Wildman–Crippen LogP) is 4.88. The van der Waals surface area contributed by atoms with Gasteiger partial charge in [0.15, 0.2) is 11.5 Å². The Kier molecular flexibility index (Phi) is 7.49. The topological polar surface area (TPSA) is 119 Å². The zero-order chi connectivity index (χ0) is 27.4. The molecule has 0 aliphatic heterocycles. The third-order valence-electron chi connectivity index (χ3n) is 6.81. The van der Waals surface area contributed by atoms with Crippen LogP contribution in [0.4, 0.5) is 0 Å². The van der Waals surface area contributed by atoms with Crippen molar-refractivity contribution in [1.29, 1.82) is 0 Å². The second kappa shape index (κ2) is 11.3. The summed E-state index contributed by atoms with van der Waals surface area (Å²) in [5.41, 5.74) is 4.92. The van der Waals surface area contributed by atoms with Crippen LogP contribution in [-0.2, 0) is 19.5 Å². The summed E-state index contributed by atoms with van der Waals surface area (Å²) < 4.78 is 3.02. The van der Waals surface area contributed by atoms with Gasteiger partial charge in [-0.05, 0) is 51.4 Å². The summed E-state index contributed by atoms with van der Waals surface area (Å²) >= 11 is 0. The van der Waals surface area contributed by atoms with Crippen LogP contribution in [0.2, 0.25) is 0 Å². The third kappa shape index (κ3) is 5.57. The molecular weight excluding hydrogens is 492 g/mol. The van der Waals surface area contributed by atoms with E-state index in [1.54, 1.807) is 4.57 Å². The number of aromatic carboxylic acids is 1. The van der Waals surface area contributed by atoms with Gasteiger partial charge >= 0.3 is 11.7 Å². The van der Waals surface area contributed by atoms with E-state index in [4.69, 9.17) is 0 Å². The number of nitrogens with one attached hydrogen (secondary N) is 1. The van der Waals surface area contributed by atoms with Gasteiger partial charge < -0.3 is 5.11 Å². The maximum atomic E-state index is 13.7. The molecule has 3 aromatic carbocycles. The summed E-state index contributed by atoms with van der Waals surface area (Å²) in [4.78, 5) is 26.1. The van der Waals surface area contributed by atoms with Gasteiger partial charge in [-0.15, -0.1) is 5.10 Å².